The Bertz CT molecular complexity index is 1090. The lowest BCUT2D eigenvalue weighted by Gasteiger charge is -2.16. The summed E-state index contributed by atoms with van der Waals surface area (Å²) in [6.07, 6.45) is 2.94. The van der Waals surface area contributed by atoms with E-state index < -0.39 is 5.97 Å². The van der Waals surface area contributed by atoms with Gasteiger partial charge in [-0.05, 0) is 49.8 Å². The molecule has 2 aromatic carbocycles. The third kappa shape index (κ3) is 5.66. The number of carbonyl (C=O) groups is 2. The minimum absolute atomic E-state index is 0.295. The number of aromatic nitrogens is 2. The fourth-order valence-corrected chi connectivity index (χ4v) is 3.11. The van der Waals surface area contributed by atoms with E-state index in [0.717, 1.165) is 28.2 Å². The summed E-state index contributed by atoms with van der Waals surface area (Å²) in [4.78, 5) is 25.7. The molecule has 6 nitrogen and oxygen atoms in total. The number of halogens is 1. The predicted molar refractivity (Wildman–Crippen MR) is 116 cm³/mol. The van der Waals surface area contributed by atoms with Gasteiger partial charge < -0.3 is 9.64 Å². The van der Waals surface area contributed by atoms with Gasteiger partial charge in [0, 0.05) is 30.9 Å². The van der Waals surface area contributed by atoms with Crippen molar-refractivity contribution in [2.45, 2.75) is 20.4 Å². The summed E-state index contributed by atoms with van der Waals surface area (Å²) >= 11 is 0. The number of para-hydroxylation sites is 1. The number of likely N-dealkylation sites (N-methyl/N-ethyl adjacent to an activating group) is 1. The number of carbonyl (C=O) groups excluding carboxylic acids is 2. The molecule has 31 heavy (non-hydrogen) atoms. The Morgan fingerprint density at radius 3 is 2.45 bits per heavy atom. The molecule has 0 aliphatic heterocycles. The highest BCUT2D eigenvalue weighted by Crippen LogP contribution is 2.19. The van der Waals surface area contributed by atoms with Gasteiger partial charge in [0.05, 0.1) is 11.4 Å². The van der Waals surface area contributed by atoms with Crippen LogP contribution in [0, 0.1) is 19.7 Å². The third-order valence-electron chi connectivity index (χ3n) is 4.83. The molecule has 0 N–H and O–H groups in total. The molecule has 0 spiro atoms. The van der Waals surface area contributed by atoms with E-state index in [9.17, 15) is 14.0 Å². The molecule has 0 radical (unpaired) electrons. The molecular weight excluding hydrogens is 397 g/mol. The van der Waals surface area contributed by atoms with Gasteiger partial charge in [-0.15, -0.1) is 0 Å². The fourth-order valence-electron chi connectivity index (χ4n) is 3.11. The summed E-state index contributed by atoms with van der Waals surface area (Å²) in [7, 11) is 1.60. The molecule has 0 atom stereocenters. The van der Waals surface area contributed by atoms with Crippen LogP contribution in [0.1, 0.15) is 22.5 Å². The SMILES string of the molecule is Cc1nn(-c2ccccc2)c(C)c1/C=C/C(=O)OCC(=O)N(C)Cc1ccc(F)cc1. The van der Waals surface area contributed by atoms with Crippen LogP contribution in [0.4, 0.5) is 4.39 Å². The summed E-state index contributed by atoms with van der Waals surface area (Å²) in [6, 6.07) is 15.6. The highest BCUT2D eigenvalue weighted by molar-refractivity contribution is 5.89. The summed E-state index contributed by atoms with van der Waals surface area (Å²) in [6.45, 7) is 3.71. The second-order valence-corrected chi connectivity index (χ2v) is 7.15. The van der Waals surface area contributed by atoms with Gasteiger partial charge >= 0.3 is 5.97 Å². The first kappa shape index (κ1) is 22.0. The average Bonchev–Trinajstić information content (AvgIpc) is 3.06. The Morgan fingerprint density at radius 2 is 1.77 bits per heavy atom. The molecule has 7 heteroatoms. The van der Waals surface area contributed by atoms with Crippen molar-refractivity contribution >= 4 is 18.0 Å². The number of hydrogen-bond acceptors (Lipinski definition) is 4. The Kier molecular flexibility index (Phi) is 6.97. The predicted octanol–water partition coefficient (Wildman–Crippen LogP) is 3.84. The first-order valence-electron chi connectivity index (χ1n) is 9.80. The number of nitrogens with zero attached hydrogens (tertiary/aromatic N) is 3. The summed E-state index contributed by atoms with van der Waals surface area (Å²) < 4.78 is 19.9. The molecular formula is C24H24FN3O3. The minimum Gasteiger partial charge on any atom is -0.452 e. The molecule has 0 saturated carbocycles. The number of ether oxygens (including phenoxy) is 1. The van der Waals surface area contributed by atoms with Crippen molar-refractivity contribution in [3.63, 3.8) is 0 Å². The van der Waals surface area contributed by atoms with Crippen molar-refractivity contribution in [1.29, 1.82) is 0 Å². The maximum absolute atomic E-state index is 13.0. The van der Waals surface area contributed by atoms with Crippen LogP contribution in [-0.2, 0) is 20.9 Å². The molecule has 0 aliphatic carbocycles. The fraction of sp³-hybridized carbons (Fsp3) is 0.208. The van der Waals surface area contributed by atoms with Crippen LogP contribution in [-0.4, -0.2) is 40.2 Å². The molecule has 0 fully saturated rings. The maximum atomic E-state index is 13.0. The smallest absolute Gasteiger partial charge is 0.331 e. The van der Waals surface area contributed by atoms with Gasteiger partial charge in [-0.25, -0.2) is 13.9 Å². The zero-order chi connectivity index (χ0) is 22.4. The van der Waals surface area contributed by atoms with Crippen molar-refractivity contribution in [2.24, 2.45) is 0 Å². The normalized spacial score (nSPS) is 11.0. The Hall–Kier alpha value is -3.74. The molecule has 1 aromatic heterocycles. The van der Waals surface area contributed by atoms with E-state index in [4.69, 9.17) is 4.74 Å². The van der Waals surface area contributed by atoms with Crippen LogP contribution in [0.25, 0.3) is 11.8 Å². The van der Waals surface area contributed by atoms with E-state index in [2.05, 4.69) is 5.10 Å². The molecule has 0 bridgehead atoms. The Morgan fingerprint density at radius 1 is 1.10 bits per heavy atom. The van der Waals surface area contributed by atoms with Gasteiger partial charge in [-0.2, -0.15) is 5.10 Å². The minimum atomic E-state index is -0.616. The molecule has 0 saturated heterocycles. The largest absolute Gasteiger partial charge is 0.452 e. The lowest BCUT2D eigenvalue weighted by molar-refractivity contribution is -0.147. The molecule has 0 aliphatic rings. The van der Waals surface area contributed by atoms with Crippen molar-refractivity contribution in [3.05, 3.63) is 89.0 Å². The van der Waals surface area contributed by atoms with Gasteiger partial charge in [0.25, 0.3) is 5.91 Å². The van der Waals surface area contributed by atoms with Gasteiger partial charge in [-0.1, -0.05) is 30.3 Å². The van der Waals surface area contributed by atoms with Gasteiger partial charge in [-0.3, -0.25) is 4.79 Å². The summed E-state index contributed by atoms with van der Waals surface area (Å²) in [5.41, 5.74) is 4.20. The average molecular weight is 421 g/mol. The van der Waals surface area contributed by atoms with Crippen molar-refractivity contribution in [2.75, 3.05) is 13.7 Å². The number of rotatable bonds is 7. The monoisotopic (exact) mass is 421 g/mol. The van der Waals surface area contributed by atoms with E-state index in [0.29, 0.717) is 6.54 Å². The molecule has 160 valence electrons. The number of hydrogen-bond donors (Lipinski definition) is 0. The first-order valence-corrected chi connectivity index (χ1v) is 9.80. The number of benzene rings is 2. The van der Waals surface area contributed by atoms with Gasteiger partial charge in [0.1, 0.15) is 5.82 Å². The van der Waals surface area contributed by atoms with E-state index in [1.165, 1.54) is 23.1 Å². The van der Waals surface area contributed by atoms with Crippen LogP contribution in [0.3, 0.4) is 0 Å². The lowest BCUT2D eigenvalue weighted by atomic mass is 10.2. The van der Waals surface area contributed by atoms with Crippen molar-refractivity contribution < 1.29 is 18.7 Å². The number of esters is 1. The van der Waals surface area contributed by atoms with Crippen LogP contribution >= 0.6 is 0 Å². The van der Waals surface area contributed by atoms with Crippen LogP contribution < -0.4 is 0 Å². The zero-order valence-corrected chi connectivity index (χ0v) is 17.7. The van der Waals surface area contributed by atoms with E-state index >= 15 is 0 Å². The quantitative estimate of drug-likeness (QED) is 0.430. The number of aryl methyl sites for hydroxylation is 1. The van der Waals surface area contributed by atoms with E-state index in [1.807, 2.05) is 48.9 Å². The first-order chi connectivity index (χ1) is 14.8. The molecule has 3 rings (SSSR count). The highest BCUT2D eigenvalue weighted by Gasteiger charge is 2.13. The molecule has 0 unspecified atom stereocenters. The molecule has 1 heterocycles. The summed E-state index contributed by atoms with van der Waals surface area (Å²) in [5, 5.41) is 4.53. The Labute approximate surface area is 180 Å². The maximum Gasteiger partial charge on any atom is 0.331 e. The topological polar surface area (TPSA) is 64.4 Å². The van der Waals surface area contributed by atoms with Crippen molar-refractivity contribution in [3.8, 4) is 5.69 Å². The van der Waals surface area contributed by atoms with Crippen molar-refractivity contribution in [1.82, 2.24) is 14.7 Å². The Balaban J connectivity index is 1.56. The van der Waals surface area contributed by atoms with Crippen LogP contribution in [0.5, 0.6) is 0 Å². The van der Waals surface area contributed by atoms with Gasteiger partial charge in [0.2, 0.25) is 0 Å². The zero-order valence-electron chi connectivity index (χ0n) is 17.7. The third-order valence-corrected chi connectivity index (χ3v) is 4.83. The lowest BCUT2D eigenvalue weighted by Crippen LogP contribution is -2.30. The molecule has 1 amide bonds. The standard InChI is InChI=1S/C24H24FN3O3/c1-17-22(18(2)28(26-17)21-7-5-4-6-8-21)13-14-24(30)31-16-23(29)27(3)15-19-9-11-20(25)12-10-19/h4-14H,15-16H2,1-3H3/b14-13+. The van der Waals surface area contributed by atoms with E-state index in [1.54, 1.807) is 25.3 Å². The van der Waals surface area contributed by atoms with E-state index in [-0.39, 0.29) is 18.3 Å². The van der Waals surface area contributed by atoms with Crippen LogP contribution in [0.15, 0.2) is 60.7 Å². The second kappa shape index (κ2) is 9.84. The van der Waals surface area contributed by atoms with Gasteiger partial charge in [0.15, 0.2) is 6.61 Å². The molecule has 3 aromatic rings. The summed E-state index contributed by atoms with van der Waals surface area (Å²) in [5.74, 6) is -1.30. The number of amides is 1. The second-order valence-electron chi connectivity index (χ2n) is 7.15. The van der Waals surface area contributed by atoms with Crippen LogP contribution in [0.2, 0.25) is 0 Å². The highest BCUT2D eigenvalue weighted by atomic mass is 19.1.